The first-order chi connectivity index (χ1) is 11.8. The van der Waals surface area contributed by atoms with Crippen LogP contribution in [0.15, 0.2) is 24.3 Å². The van der Waals surface area contributed by atoms with Gasteiger partial charge < -0.3 is 19.5 Å². The summed E-state index contributed by atoms with van der Waals surface area (Å²) in [5, 5.41) is 8.99. The summed E-state index contributed by atoms with van der Waals surface area (Å²) in [6.07, 6.45) is -2.57. The molecule has 2 aliphatic rings. The molecule has 0 bridgehead atoms. The third-order valence-corrected chi connectivity index (χ3v) is 5.05. The van der Waals surface area contributed by atoms with Crippen molar-refractivity contribution in [1.82, 2.24) is 4.90 Å². The van der Waals surface area contributed by atoms with Crippen LogP contribution in [-0.4, -0.2) is 48.6 Å². The number of nitrogens with zero attached hydrogens (tertiary/aromatic N) is 1. The minimum Gasteiger partial charge on any atom is -0.493 e. The molecule has 8 heteroatoms. The highest BCUT2D eigenvalue weighted by Crippen LogP contribution is 2.59. The predicted octanol–water partition coefficient (Wildman–Crippen LogP) is 3.79. The van der Waals surface area contributed by atoms with Crippen LogP contribution in [0.4, 0.5) is 18.0 Å². The number of hydrogen-bond donors (Lipinski definition) is 1. The molecule has 0 aromatic heterocycles. The Hall–Kier alpha value is -2.12. The number of amides is 1. The molecule has 138 valence electrons. The van der Waals surface area contributed by atoms with Gasteiger partial charge in [0, 0.05) is 19.2 Å². The SMILES string of the molecule is O=C(O)N1CCC2(CC1)CC2COc1cccc(OCC(F)(F)F)c1. The Balaban J connectivity index is 1.46. The van der Waals surface area contributed by atoms with Crippen molar-refractivity contribution in [2.24, 2.45) is 11.3 Å². The van der Waals surface area contributed by atoms with Gasteiger partial charge in [0.1, 0.15) is 11.5 Å². The highest BCUT2D eigenvalue weighted by Gasteiger charge is 2.55. The van der Waals surface area contributed by atoms with Gasteiger partial charge in [-0.1, -0.05) is 6.07 Å². The Kier molecular flexibility index (Phi) is 4.71. The first-order valence-electron chi connectivity index (χ1n) is 8.18. The Labute approximate surface area is 143 Å². The highest BCUT2D eigenvalue weighted by molar-refractivity contribution is 5.65. The number of halogens is 3. The lowest BCUT2D eigenvalue weighted by Gasteiger charge is -2.31. The molecule has 5 nitrogen and oxygen atoms in total. The molecule has 1 aliphatic carbocycles. The number of ether oxygens (including phenoxy) is 2. The maximum absolute atomic E-state index is 12.2. The number of alkyl halides is 3. The van der Waals surface area contributed by atoms with Crippen molar-refractivity contribution < 1.29 is 32.5 Å². The molecule has 1 N–H and O–H groups in total. The summed E-state index contributed by atoms with van der Waals surface area (Å²) >= 11 is 0. The summed E-state index contributed by atoms with van der Waals surface area (Å²) < 4.78 is 47.0. The van der Waals surface area contributed by atoms with Crippen LogP contribution in [0.25, 0.3) is 0 Å². The van der Waals surface area contributed by atoms with Crippen molar-refractivity contribution in [3.8, 4) is 11.5 Å². The Bertz CT molecular complexity index is 627. The van der Waals surface area contributed by atoms with Gasteiger partial charge in [0.05, 0.1) is 6.61 Å². The summed E-state index contributed by atoms with van der Waals surface area (Å²) in [4.78, 5) is 12.4. The van der Waals surface area contributed by atoms with E-state index in [2.05, 4.69) is 0 Å². The van der Waals surface area contributed by atoms with Gasteiger partial charge in [-0.2, -0.15) is 13.2 Å². The van der Waals surface area contributed by atoms with Gasteiger partial charge in [0.2, 0.25) is 0 Å². The van der Waals surface area contributed by atoms with E-state index in [0.29, 0.717) is 31.4 Å². The van der Waals surface area contributed by atoms with Crippen molar-refractivity contribution >= 4 is 6.09 Å². The quantitative estimate of drug-likeness (QED) is 0.869. The fourth-order valence-electron chi connectivity index (χ4n) is 3.44. The molecule has 0 radical (unpaired) electrons. The largest absolute Gasteiger partial charge is 0.493 e. The predicted molar refractivity (Wildman–Crippen MR) is 82.9 cm³/mol. The van der Waals surface area contributed by atoms with Crippen molar-refractivity contribution in [2.45, 2.75) is 25.4 Å². The fourth-order valence-corrected chi connectivity index (χ4v) is 3.44. The van der Waals surface area contributed by atoms with E-state index in [-0.39, 0.29) is 11.2 Å². The van der Waals surface area contributed by atoms with Crippen molar-refractivity contribution in [1.29, 1.82) is 0 Å². The number of benzene rings is 1. The van der Waals surface area contributed by atoms with E-state index in [9.17, 15) is 18.0 Å². The van der Waals surface area contributed by atoms with Gasteiger partial charge in [-0.05, 0) is 42.7 Å². The van der Waals surface area contributed by atoms with E-state index < -0.39 is 18.9 Å². The van der Waals surface area contributed by atoms with E-state index in [1.54, 1.807) is 12.1 Å². The highest BCUT2D eigenvalue weighted by atomic mass is 19.4. The normalized spacial score (nSPS) is 21.9. The van der Waals surface area contributed by atoms with E-state index in [1.165, 1.54) is 17.0 Å². The summed E-state index contributed by atoms with van der Waals surface area (Å²) in [5.41, 5.74) is 0.163. The van der Waals surface area contributed by atoms with Crippen LogP contribution in [0, 0.1) is 11.3 Å². The van der Waals surface area contributed by atoms with Crippen LogP contribution in [0.3, 0.4) is 0 Å². The molecule has 1 amide bonds. The zero-order chi connectivity index (χ0) is 18.1. The molecule has 1 aliphatic heterocycles. The van der Waals surface area contributed by atoms with Gasteiger partial charge in [-0.3, -0.25) is 0 Å². The monoisotopic (exact) mass is 359 g/mol. The number of carboxylic acid groups (broad SMARTS) is 1. The molecule has 1 unspecified atom stereocenters. The molecule has 25 heavy (non-hydrogen) atoms. The third-order valence-electron chi connectivity index (χ3n) is 5.05. The number of piperidine rings is 1. The third kappa shape index (κ3) is 4.49. The lowest BCUT2D eigenvalue weighted by molar-refractivity contribution is -0.153. The van der Waals surface area contributed by atoms with Crippen LogP contribution < -0.4 is 9.47 Å². The molecule has 1 saturated heterocycles. The second-order valence-electron chi connectivity index (χ2n) is 6.72. The van der Waals surface area contributed by atoms with Gasteiger partial charge in [0.15, 0.2) is 6.61 Å². The lowest BCUT2D eigenvalue weighted by atomic mass is 9.91. The van der Waals surface area contributed by atoms with Gasteiger partial charge in [0.25, 0.3) is 0 Å². The van der Waals surface area contributed by atoms with Crippen LogP contribution in [0.2, 0.25) is 0 Å². The first-order valence-corrected chi connectivity index (χ1v) is 8.18. The zero-order valence-corrected chi connectivity index (χ0v) is 13.6. The van der Waals surface area contributed by atoms with E-state index >= 15 is 0 Å². The molecule has 1 saturated carbocycles. The van der Waals surface area contributed by atoms with Crippen LogP contribution >= 0.6 is 0 Å². The summed E-state index contributed by atoms with van der Waals surface area (Å²) in [7, 11) is 0. The van der Waals surface area contributed by atoms with Crippen molar-refractivity contribution in [3.63, 3.8) is 0 Å². The number of likely N-dealkylation sites (tertiary alicyclic amines) is 1. The molecule has 1 heterocycles. The average Bonchev–Trinajstić information content (AvgIpc) is 3.23. The molecule has 1 spiro atoms. The summed E-state index contributed by atoms with van der Waals surface area (Å²) in [6, 6.07) is 6.18. The topological polar surface area (TPSA) is 59.0 Å². The molecule has 1 atom stereocenters. The Morgan fingerprint density at radius 2 is 1.88 bits per heavy atom. The molecular formula is C17H20F3NO4. The Morgan fingerprint density at radius 1 is 1.24 bits per heavy atom. The number of hydrogen-bond acceptors (Lipinski definition) is 3. The van der Waals surface area contributed by atoms with E-state index in [4.69, 9.17) is 14.6 Å². The van der Waals surface area contributed by atoms with Crippen LogP contribution in [0.1, 0.15) is 19.3 Å². The average molecular weight is 359 g/mol. The van der Waals surface area contributed by atoms with Crippen LogP contribution in [0.5, 0.6) is 11.5 Å². The number of carbonyl (C=O) groups is 1. The van der Waals surface area contributed by atoms with Gasteiger partial charge in [-0.15, -0.1) is 0 Å². The van der Waals surface area contributed by atoms with Crippen molar-refractivity contribution in [3.05, 3.63) is 24.3 Å². The summed E-state index contributed by atoms with van der Waals surface area (Å²) in [6.45, 7) is 0.247. The van der Waals surface area contributed by atoms with Crippen LogP contribution in [-0.2, 0) is 0 Å². The minimum absolute atomic E-state index is 0.120. The standard InChI is InChI=1S/C17H20F3NO4/c18-17(19,20)11-25-14-3-1-2-13(8-14)24-10-12-9-16(12)4-6-21(7-5-16)15(22)23/h1-3,8,12H,4-7,9-11H2,(H,22,23). The zero-order valence-electron chi connectivity index (χ0n) is 13.6. The minimum atomic E-state index is -4.37. The molecule has 3 rings (SSSR count). The second kappa shape index (κ2) is 6.65. The summed E-state index contributed by atoms with van der Waals surface area (Å²) in [5.74, 6) is 0.961. The van der Waals surface area contributed by atoms with Gasteiger partial charge >= 0.3 is 12.3 Å². The maximum atomic E-state index is 12.2. The lowest BCUT2D eigenvalue weighted by Crippen LogP contribution is -2.38. The fraction of sp³-hybridized carbons (Fsp3) is 0.588. The van der Waals surface area contributed by atoms with Gasteiger partial charge in [-0.25, -0.2) is 4.79 Å². The smallest absolute Gasteiger partial charge is 0.422 e. The number of rotatable bonds is 5. The molecule has 1 aromatic carbocycles. The Morgan fingerprint density at radius 3 is 2.48 bits per heavy atom. The maximum Gasteiger partial charge on any atom is 0.422 e. The molecule has 2 fully saturated rings. The first kappa shape index (κ1) is 17.7. The molecule has 1 aromatic rings. The van der Waals surface area contributed by atoms with Crippen molar-refractivity contribution in [2.75, 3.05) is 26.3 Å². The van der Waals surface area contributed by atoms with E-state index in [0.717, 1.165) is 19.3 Å². The second-order valence-corrected chi connectivity index (χ2v) is 6.72. The molecular weight excluding hydrogens is 339 g/mol. The van der Waals surface area contributed by atoms with E-state index in [1.807, 2.05) is 0 Å².